The van der Waals surface area contributed by atoms with Crippen LogP contribution in [0.1, 0.15) is 39.2 Å². The first-order chi connectivity index (χ1) is 9.00. The standard InChI is InChI=1S/C15H21N3O/c1-15(2)7-6-10(9-15)18-13-5-4-11(19-3)8-12(13)17-14(18)16/h4-5,8,10H,6-7,9H2,1-3H3,(H2,16,17). The van der Waals surface area contributed by atoms with Crippen molar-refractivity contribution in [2.24, 2.45) is 5.41 Å². The molecule has 0 amide bonds. The Balaban J connectivity index is 2.06. The maximum atomic E-state index is 6.12. The van der Waals surface area contributed by atoms with Crippen LogP contribution < -0.4 is 10.5 Å². The average molecular weight is 259 g/mol. The van der Waals surface area contributed by atoms with Crippen molar-refractivity contribution in [1.82, 2.24) is 9.55 Å². The molecule has 2 N–H and O–H groups in total. The van der Waals surface area contributed by atoms with E-state index in [0.717, 1.165) is 23.2 Å². The Morgan fingerprint density at radius 3 is 2.84 bits per heavy atom. The third-order valence-corrected chi connectivity index (χ3v) is 4.23. The zero-order valence-electron chi connectivity index (χ0n) is 11.8. The lowest BCUT2D eigenvalue weighted by Crippen LogP contribution is -2.11. The monoisotopic (exact) mass is 259 g/mol. The number of rotatable bonds is 2. The molecule has 0 saturated heterocycles. The first kappa shape index (κ1) is 12.3. The number of anilines is 1. The molecular formula is C15H21N3O. The first-order valence-corrected chi connectivity index (χ1v) is 6.82. The number of aromatic nitrogens is 2. The second-order valence-electron chi connectivity index (χ2n) is 6.26. The normalized spacial score (nSPS) is 21.9. The van der Waals surface area contributed by atoms with Gasteiger partial charge in [0.25, 0.3) is 0 Å². The van der Waals surface area contributed by atoms with Gasteiger partial charge in [-0.2, -0.15) is 0 Å². The summed E-state index contributed by atoms with van der Waals surface area (Å²) < 4.78 is 7.44. The van der Waals surface area contributed by atoms with Crippen molar-refractivity contribution < 1.29 is 4.74 Å². The van der Waals surface area contributed by atoms with E-state index in [2.05, 4.69) is 29.5 Å². The Labute approximate surface area is 113 Å². The van der Waals surface area contributed by atoms with Crippen LogP contribution in [0.4, 0.5) is 5.95 Å². The minimum Gasteiger partial charge on any atom is -0.497 e. The van der Waals surface area contributed by atoms with Crippen LogP contribution in [0.15, 0.2) is 18.2 Å². The van der Waals surface area contributed by atoms with Crippen LogP contribution in [0.25, 0.3) is 11.0 Å². The molecule has 1 aliphatic rings. The van der Waals surface area contributed by atoms with Crippen LogP contribution in [0.3, 0.4) is 0 Å². The Hall–Kier alpha value is -1.71. The predicted octanol–water partition coefficient (Wildman–Crippen LogP) is 3.38. The molecule has 1 unspecified atom stereocenters. The molecule has 19 heavy (non-hydrogen) atoms. The third-order valence-electron chi connectivity index (χ3n) is 4.23. The molecular weight excluding hydrogens is 238 g/mol. The van der Waals surface area contributed by atoms with Gasteiger partial charge in [-0.1, -0.05) is 13.8 Å². The highest BCUT2D eigenvalue weighted by Crippen LogP contribution is 2.45. The Bertz CT molecular complexity index is 615. The van der Waals surface area contributed by atoms with Crippen molar-refractivity contribution in [1.29, 1.82) is 0 Å². The Morgan fingerprint density at radius 1 is 1.42 bits per heavy atom. The second-order valence-corrected chi connectivity index (χ2v) is 6.26. The van der Waals surface area contributed by atoms with Gasteiger partial charge in [0.2, 0.25) is 5.95 Å². The number of benzene rings is 1. The second kappa shape index (κ2) is 4.15. The van der Waals surface area contributed by atoms with E-state index >= 15 is 0 Å². The molecule has 1 aliphatic carbocycles. The van der Waals surface area contributed by atoms with Crippen molar-refractivity contribution in [3.8, 4) is 5.75 Å². The number of hydrogen-bond donors (Lipinski definition) is 1. The molecule has 3 rings (SSSR count). The smallest absolute Gasteiger partial charge is 0.201 e. The van der Waals surface area contributed by atoms with E-state index in [4.69, 9.17) is 10.5 Å². The molecule has 1 aromatic heterocycles. The molecule has 0 bridgehead atoms. The summed E-state index contributed by atoms with van der Waals surface area (Å²) in [5.41, 5.74) is 8.56. The van der Waals surface area contributed by atoms with E-state index in [9.17, 15) is 0 Å². The molecule has 0 spiro atoms. The molecule has 1 heterocycles. The highest BCUT2D eigenvalue weighted by molar-refractivity contribution is 5.80. The molecule has 102 valence electrons. The number of nitrogens with zero attached hydrogens (tertiary/aromatic N) is 2. The number of nitrogens with two attached hydrogens (primary N) is 1. The first-order valence-electron chi connectivity index (χ1n) is 6.82. The summed E-state index contributed by atoms with van der Waals surface area (Å²) in [6.45, 7) is 4.65. The lowest BCUT2D eigenvalue weighted by molar-refractivity contribution is 0.361. The van der Waals surface area contributed by atoms with Gasteiger partial charge in [0.1, 0.15) is 5.75 Å². The van der Waals surface area contributed by atoms with Crippen molar-refractivity contribution in [2.75, 3.05) is 12.8 Å². The predicted molar refractivity (Wildman–Crippen MR) is 77.4 cm³/mol. The molecule has 1 aromatic carbocycles. The van der Waals surface area contributed by atoms with E-state index in [1.807, 2.05) is 12.1 Å². The molecule has 4 heteroatoms. The number of imidazole rings is 1. The molecule has 1 fully saturated rings. The molecule has 1 atom stereocenters. The lowest BCUT2D eigenvalue weighted by atomic mass is 9.92. The number of ether oxygens (including phenoxy) is 1. The van der Waals surface area contributed by atoms with Crippen LogP contribution in [0, 0.1) is 5.41 Å². The summed E-state index contributed by atoms with van der Waals surface area (Å²) in [6.07, 6.45) is 3.58. The van der Waals surface area contributed by atoms with Crippen molar-refractivity contribution in [2.45, 2.75) is 39.2 Å². The fourth-order valence-electron chi connectivity index (χ4n) is 3.23. The minimum absolute atomic E-state index is 0.403. The van der Waals surface area contributed by atoms with Crippen LogP contribution in [-0.2, 0) is 0 Å². The van der Waals surface area contributed by atoms with Crippen molar-refractivity contribution >= 4 is 17.0 Å². The number of fused-ring (bicyclic) bond motifs is 1. The van der Waals surface area contributed by atoms with E-state index < -0.39 is 0 Å². The molecule has 1 saturated carbocycles. The van der Waals surface area contributed by atoms with Gasteiger partial charge in [-0.25, -0.2) is 4.98 Å². The number of methoxy groups -OCH3 is 1. The highest BCUT2D eigenvalue weighted by Gasteiger charge is 2.33. The van der Waals surface area contributed by atoms with Gasteiger partial charge in [-0.05, 0) is 36.8 Å². The van der Waals surface area contributed by atoms with Crippen LogP contribution in [0.2, 0.25) is 0 Å². The van der Waals surface area contributed by atoms with E-state index in [0.29, 0.717) is 17.4 Å². The molecule has 0 radical (unpaired) electrons. The topological polar surface area (TPSA) is 53.1 Å². The Kier molecular flexibility index (Phi) is 2.69. The number of nitrogen functional groups attached to an aromatic ring is 1. The van der Waals surface area contributed by atoms with Gasteiger partial charge in [-0.15, -0.1) is 0 Å². The van der Waals surface area contributed by atoms with E-state index in [1.54, 1.807) is 7.11 Å². The Morgan fingerprint density at radius 2 is 2.21 bits per heavy atom. The fourth-order valence-corrected chi connectivity index (χ4v) is 3.23. The fraction of sp³-hybridized carbons (Fsp3) is 0.533. The quantitative estimate of drug-likeness (QED) is 0.899. The van der Waals surface area contributed by atoms with Crippen LogP contribution >= 0.6 is 0 Å². The SMILES string of the molecule is COc1ccc2c(c1)nc(N)n2C1CCC(C)(C)C1. The molecule has 4 nitrogen and oxygen atoms in total. The van der Waals surface area contributed by atoms with Crippen LogP contribution in [0.5, 0.6) is 5.75 Å². The largest absolute Gasteiger partial charge is 0.497 e. The van der Waals surface area contributed by atoms with E-state index in [-0.39, 0.29) is 0 Å². The van der Waals surface area contributed by atoms with Gasteiger partial charge in [0.15, 0.2) is 0 Å². The maximum absolute atomic E-state index is 6.12. The molecule has 2 aromatic rings. The summed E-state index contributed by atoms with van der Waals surface area (Å²) >= 11 is 0. The summed E-state index contributed by atoms with van der Waals surface area (Å²) in [6, 6.07) is 6.44. The van der Waals surface area contributed by atoms with Gasteiger partial charge < -0.3 is 15.0 Å². The summed E-state index contributed by atoms with van der Waals surface area (Å²) in [7, 11) is 1.67. The summed E-state index contributed by atoms with van der Waals surface area (Å²) in [5, 5.41) is 0. The highest BCUT2D eigenvalue weighted by atomic mass is 16.5. The molecule has 0 aliphatic heterocycles. The van der Waals surface area contributed by atoms with Gasteiger partial charge in [0.05, 0.1) is 18.1 Å². The summed E-state index contributed by atoms with van der Waals surface area (Å²) in [5.74, 6) is 1.44. The third kappa shape index (κ3) is 2.05. The maximum Gasteiger partial charge on any atom is 0.201 e. The zero-order valence-corrected chi connectivity index (χ0v) is 11.8. The van der Waals surface area contributed by atoms with Crippen molar-refractivity contribution in [3.05, 3.63) is 18.2 Å². The van der Waals surface area contributed by atoms with E-state index in [1.165, 1.54) is 12.8 Å². The minimum atomic E-state index is 0.403. The van der Waals surface area contributed by atoms with Gasteiger partial charge in [0, 0.05) is 12.1 Å². The summed E-state index contributed by atoms with van der Waals surface area (Å²) in [4.78, 5) is 4.47. The van der Waals surface area contributed by atoms with Crippen molar-refractivity contribution in [3.63, 3.8) is 0 Å². The average Bonchev–Trinajstić information content (AvgIpc) is 2.86. The number of hydrogen-bond acceptors (Lipinski definition) is 3. The lowest BCUT2D eigenvalue weighted by Gasteiger charge is -2.19. The zero-order chi connectivity index (χ0) is 13.6. The van der Waals surface area contributed by atoms with Gasteiger partial charge in [-0.3, -0.25) is 0 Å². The van der Waals surface area contributed by atoms with Gasteiger partial charge >= 0.3 is 0 Å². The van der Waals surface area contributed by atoms with Crippen LogP contribution in [-0.4, -0.2) is 16.7 Å².